The molecule has 1 aliphatic rings. The van der Waals surface area contributed by atoms with Gasteiger partial charge in [0.05, 0.1) is 12.7 Å². The van der Waals surface area contributed by atoms with E-state index in [1.807, 2.05) is 0 Å². The summed E-state index contributed by atoms with van der Waals surface area (Å²) in [4.78, 5) is 0. The lowest BCUT2D eigenvalue weighted by molar-refractivity contribution is -0.0353. The molecule has 0 aliphatic carbocycles. The summed E-state index contributed by atoms with van der Waals surface area (Å²) in [5, 5.41) is 9.44. The fourth-order valence-corrected chi connectivity index (χ4v) is 2.21. The van der Waals surface area contributed by atoms with Gasteiger partial charge in [-0.25, -0.2) is 0 Å². The van der Waals surface area contributed by atoms with Crippen LogP contribution in [-0.2, 0) is 4.74 Å². The second-order valence-corrected chi connectivity index (χ2v) is 5.34. The maximum atomic E-state index is 9.44. The molecule has 0 unspecified atom stereocenters. The lowest BCUT2D eigenvalue weighted by atomic mass is 9.75. The quantitative estimate of drug-likeness (QED) is 0.564. The Morgan fingerprint density at radius 2 is 2.13 bits per heavy atom. The van der Waals surface area contributed by atoms with Crippen LogP contribution in [0.25, 0.3) is 0 Å². The zero-order valence-corrected chi connectivity index (χ0v) is 10.6. The van der Waals surface area contributed by atoms with E-state index < -0.39 is 0 Å². The second-order valence-electron chi connectivity index (χ2n) is 5.34. The Kier molecular flexibility index (Phi) is 4.02. The summed E-state index contributed by atoms with van der Waals surface area (Å²) in [5.41, 5.74) is 2.51. The van der Waals surface area contributed by atoms with Gasteiger partial charge in [-0.15, -0.1) is 0 Å². The molecule has 1 aliphatic heterocycles. The van der Waals surface area contributed by atoms with Gasteiger partial charge in [0.1, 0.15) is 7.85 Å². The molecule has 0 aromatic carbocycles. The summed E-state index contributed by atoms with van der Waals surface area (Å²) in [6, 6.07) is 0.274. The third-order valence-electron chi connectivity index (χ3n) is 3.62. The lowest BCUT2D eigenvalue weighted by Gasteiger charge is -2.41. The minimum absolute atomic E-state index is 0.0799. The van der Waals surface area contributed by atoms with Gasteiger partial charge in [0.15, 0.2) is 0 Å². The molecule has 0 aromatic heterocycles. The Morgan fingerprint density at radius 3 is 2.60 bits per heavy atom. The predicted molar refractivity (Wildman–Crippen MR) is 65.7 cm³/mol. The van der Waals surface area contributed by atoms with Gasteiger partial charge in [-0.1, -0.05) is 26.3 Å². The van der Waals surface area contributed by atoms with Gasteiger partial charge < -0.3 is 9.84 Å². The van der Waals surface area contributed by atoms with Crippen LogP contribution in [0.4, 0.5) is 0 Å². The molecule has 0 radical (unpaired) electrons. The van der Waals surface area contributed by atoms with Crippen LogP contribution in [0.3, 0.4) is 0 Å². The summed E-state index contributed by atoms with van der Waals surface area (Å²) in [6.07, 6.45) is 2.09. The highest BCUT2D eigenvalue weighted by Crippen LogP contribution is 2.37. The number of hydrogen-bond acceptors (Lipinski definition) is 2. The van der Waals surface area contributed by atoms with Crippen LogP contribution in [0.1, 0.15) is 40.5 Å². The summed E-state index contributed by atoms with van der Waals surface area (Å²) in [7, 11) is 2.11. The zero-order chi connectivity index (χ0) is 11.6. The van der Waals surface area contributed by atoms with Crippen molar-refractivity contribution >= 4 is 7.85 Å². The van der Waals surface area contributed by atoms with Crippen LogP contribution in [-0.4, -0.2) is 31.7 Å². The molecule has 0 saturated carbocycles. The highest BCUT2D eigenvalue weighted by atomic mass is 16.5. The van der Waals surface area contributed by atoms with E-state index in [1.54, 1.807) is 0 Å². The molecule has 1 heterocycles. The van der Waals surface area contributed by atoms with Gasteiger partial charge in [0.2, 0.25) is 0 Å². The van der Waals surface area contributed by atoms with E-state index in [1.165, 1.54) is 5.57 Å². The van der Waals surface area contributed by atoms with E-state index in [0.717, 1.165) is 18.4 Å². The average molecular weight is 210 g/mol. The van der Waals surface area contributed by atoms with Crippen LogP contribution in [0.15, 0.2) is 11.1 Å². The molecule has 0 spiro atoms. The first-order valence-electron chi connectivity index (χ1n) is 5.87. The molecule has 1 rings (SSSR count). The van der Waals surface area contributed by atoms with Crippen LogP contribution < -0.4 is 0 Å². The molecule has 0 bridgehead atoms. The predicted octanol–water partition coefficient (Wildman–Crippen LogP) is 1.48. The molecule has 3 heteroatoms. The molecule has 0 saturated heterocycles. The van der Waals surface area contributed by atoms with Crippen molar-refractivity contribution in [1.29, 1.82) is 0 Å². The molecule has 2 atom stereocenters. The third kappa shape index (κ3) is 2.64. The van der Waals surface area contributed by atoms with Crippen LogP contribution in [0.5, 0.6) is 0 Å². The van der Waals surface area contributed by atoms with Crippen LogP contribution >= 0.6 is 0 Å². The van der Waals surface area contributed by atoms with Crippen molar-refractivity contribution in [1.82, 2.24) is 0 Å². The summed E-state index contributed by atoms with van der Waals surface area (Å²) in [6.45, 7) is 8.83. The Morgan fingerprint density at radius 1 is 1.53 bits per heavy atom. The first-order valence-corrected chi connectivity index (χ1v) is 5.87. The first-order chi connectivity index (χ1) is 6.92. The fraction of sp³-hybridized carbons (Fsp3) is 0.833. The molecule has 0 fully saturated rings. The van der Waals surface area contributed by atoms with E-state index in [2.05, 4.69) is 35.5 Å². The monoisotopic (exact) mass is 210 g/mol. The average Bonchev–Trinajstić information content (AvgIpc) is 2.16. The van der Waals surface area contributed by atoms with Crippen molar-refractivity contribution in [3.63, 3.8) is 0 Å². The zero-order valence-electron chi connectivity index (χ0n) is 10.6. The molecule has 15 heavy (non-hydrogen) atoms. The standard InChI is InChI=1S/C12H23BO2/c1-5-12(3,4)11-9(7-14)8(2)6-10(13)15-11/h10-11,14H,5-7,13H2,1-4H3/t10-,11+/m1/s1. The van der Waals surface area contributed by atoms with Gasteiger partial charge in [-0.2, -0.15) is 0 Å². The Balaban J connectivity index is 3.00. The van der Waals surface area contributed by atoms with Crippen molar-refractivity contribution in [2.24, 2.45) is 5.41 Å². The summed E-state index contributed by atoms with van der Waals surface area (Å²) >= 11 is 0. The van der Waals surface area contributed by atoms with E-state index in [9.17, 15) is 5.11 Å². The Bertz CT molecular complexity index is 258. The van der Waals surface area contributed by atoms with E-state index in [0.29, 0.717) is 0 Å². The number of ether oxygens (including phenoxy) is 1. The van der Waals surface area contributed by atoms with Crippen molar-refractivity contribution in [2.75, 3.05) is 6.61 Å². The molecular formula is C12H23BO2. The van der Waals surface area contributed by atoms with Gasteiger partial charge in [0.25, 0.3) is 0 Å². The van der Waals surface area contributed by atoms with Crippen molar-refractivity contribution in [2.45, 2.75) is 52.6 Å². The van der Waals surface area contributed by atoms with E-state index in [-0.39, 0.29) is 24.1 Å². The Labute approximate surface area is 94.1 Å². The highest BCUT2D eigenvalue weighted by Gasteiger charge is 2.36. The van der Waals surface area contributed by atoms with Crippen molar-refractivity contribution < 1.29 is 9.84 Å². The summed E-state index contributed by atoms with van der Waals surface area (Å²) < 4.78 is 6.00. The Hall–Kier alpha value is -0.275. The second kappa shape index (κ2) is 4.71. The number of hydrogen-bond donors (Lipinski definition) is 1. The van der Waals surface area contributed by atoms with Gasteiger partial charge in [-0.3, -0.25) is 0 Å². The topological polar surface area (TPSA) is 29.5 Å². The lowest BCUT2D eigenvalue weighted by Crippen LogP contribution is -2.41. The van der Waals surface area contributed by atoms with Gasteiger partial charge in [-0.05, 0) is 30.8 Å². The highest BCUT2D eigenvalue weighted by molar-refractivity contribution is 6.11. The maximum Gasteiger partial charge on any atom is 0.139 e. The molecule has 0 aromatic rings. The summed E-state index contributed by atoms with van der Waals surface area (Å²) in [5.74, 6) is 0. The van der Waals surface area contributed by atoms with Crippen molar-refractivity contribution in [3.05, 3.63) is 11.1 Å². The van der Waals surface area contributed by atoms with Gasteiger partial charge >= 0.3 is 0 Å². The smallest absolute Gasteiger partial charge is 0.139 e. The normalized spacial score (nSPS) is 28.3. The van der Waals surface area contributed by atoms with Crippen molar-refractivity contribution in [3.8, 4) is 0 Å². The van der Waals surface area contributed by atoms with E-state index in [4.69, 9.17) is 4.74 Å². The van der Waals surface area contributed by atoms with Crippen LogP contribution in [0.2, 0.25) is 0 Å². The van der Waals surface area contributed by atoms with Gasteiger partial charge in [0, 0.05) is 6.00 Å². The number of aliphatic hydroxyl groups is 1. The minimum atomic E-state index is 0.0799. The SMILES string of the molecule is B[C@H]1CC(C)=C(CO)[C@@H](C(C)(C)CC)O1. The van der Waals surface area contributed by atoms with E-state index >= 15 is 0 Å². The molecule has 0 amide bonds. The third-order valence-corrected chi connectivity index (χ3v) is 3.62. The fourth-order valence-electron chi connectivity index (χ4n) is 2.21. The molecular weight excluding hydrogens is 187 g/mol. The first kappa shape index (κ1) is 12.8. The molecule has 2 nitrogen and oxygen atoms in total. The largest absolute Gasteiger partial charge is 0.392 e. The molecule has 1 N–H and O–H groups in total. The maximum absolute atomic E-state index is 9.44. The minimum Gasteiger partial charge on any atom is -0.392 e. The number of rotatable bonds is 3. The number of aliphatic hydroxyl groups excluding tert-OH is 1. The van der Waals surface area contributed by atoms with Crippen LogP contribution in [0, 0.1) is 5.41 Å². The molecule has 86 valence electrons.